The van der Waals surface area contributed by atoms with Crippen LogP contribution >= 0.6 is 11.3 Å². The van der Waals surface area contributed by atoms with E-state index in [4.69, 9.17) is 5.11 Å². The molecule has 0 amide bonds. The van der Waals surface area contributed by atoms with E-state index in [2.05, 4.69) is 0 Å². The van der Waals surface area contributed by atoms with Crippen LogP contribution in [0.3, 0.4) is 0 Å². The molecule has 1 unspecified atom stereocenters. The number of allylic oxidation sites excluding steroid dienone is 1. The van der Waals surface area contributed by atoms with Crippen molar-refractivity contribution in [2.45, 2.75) is 32.8 Å². The van der Waals surface area contributed by atoms with Gasteiger partial charge in [-0.3, -0.25) is 0 Å². The fourth-order valence-corrected chi connectivity index (χ4v) is 2.43. The van der Waals surface area contributed by atoms with Gasteiger partial charge in [0.25, 0.3) is 0 Å². The van der Waals surface area contributed by atoms with Crippen LogP contribution in [0.2, 0.25) is 0 Å². The van der Waals surface area contributed by atoms with Crippen molar-refractivity contribution < 1.29 is 15.0 Å². The molecule has 0 aliphatic heterocycles. The molecule has 1 aromatic rings. The molecule has 0 aromatic carbocycles. The molecule has 0 aliphatic rings. The van der Waals surface area contributed by atoms with Crippen LogP contribution in [0.25, 0.3) is 5.57 Å². The standard InChI is InChI=1S/C12H16O3S/c1-8(7-11(14)15)12-10(5-6-16-12)4-3-9(2)13/h5-7,9,13H,3-4H2,1-2H3,(H,14,15)/b8-7+. The van der Waals surface area contributed by atoms with Gasteiger partial charge in [0.1, 0.15) is 0 Å². The second-order valence-electron chi connectivity index (χ2n) is 3.83. The van der Waals surface area contributed by atoms with Crippen LogP contribution in [0.4, 0.5) is 0 Å². The van der Waals surface area contributed by atoms with Crippen molar-refractivity contribution in [3.63, 3.8) is 0 Å². The summed E-state index contributed by atoms with van der Waals surface area (Å²) in [5.41, 5.74) is 1.88. The predicted octanol–water partition coefficient (Wildman–Crippen LogP) is 2.55. The molecule has 0 aliphatic carbocycles. The van der Waals surface area contributed by atoms with Gasteiger partial charge in [0, 0.05) is 11.0 Å². The molecule has 0 spiro atoms. The van der Waals surface area contributed by atoms with E-state index < -0.39 is 5.97 Å². The highest BCUT2D eigenvalue weighted by atomic mass is 32.1. The van der Waals surface area contributed by atoms with Crippen molar-refractivity contribution in [3.05, 3.63) is 28.0 Å². The monoisotopic (exact) mass is 240 g/mol. The average Bonchev–Trinajstić information content (AvgIpc) is 2.61. The van der Waals surface area contributed by atoms with E-state index in [1.807, 2.05) is 11.4 Å². The maximum absolute atomic E-state index is 10.6. The van der Waals surface area contributed by atoms with Gasteiger partial charge in [0.15, 0.2) is 0 Å². The number of aliphatic carboxylic acids is 1. The van der Waals surface area contributed by atoms with E-state index in [1.54, 1.807) is 13.8 Å². The maximum atomic E-state index is 10.6. The van der Waals surface area contributed by atoms with Crippen LogP contribution in [-0.4, -0.2) is 22.3 Å². The Kier molecular flexibility index (Phi) is 4.71. The first-order chi connectivity index (χ1) is 7.50. The molecule has 0 saturated carbocycles. The molecule has 0 radical (unpaired) electrons. The number of hydrogen-bond acceptors (Lipinski definition) is 3. The van der Waals surface area contributed by atoms with E-state index in [0.717, 1.165) is 22.4 Å². The molecule has 0 saturated heterocycles. The van der Waals surface area contributed by atoms with Crippen molar-refractivity contribution in [1.29, 1.82) is 0 Å². The van der Waals surface area contributed by atoms with Crippen LogP contribution in [-0.2, 0) is 11.2 Å². The molecule has 88 valence electrons. The Morgan fingerprint density at radius 3 is 2.88 bits per heavy atom. The van der Waals surface area contributed by atoms with Crippen LogP contribution in [0.15, 0.2) is 17.5 Å². The van der Waals surface area contributed by atoms with Gasteiger partial charge >= 0.3 is 5.97 Å². The van der Waals surface area contributed by atoms with Crippen molar-refractivity contribution in [3.8, 4) is 0 Å². The van der Waals surface area contributed by atoms with Gasteiger partial charge in [-0.1, -0.05) is 0 Å². The maximum Gasteiger partial charge on any atom is 0.328 e. The summed E-state index contributed by atoms with van der Waals surface area (Å²) in [6.45, 7) is 3.55. The number of carboxylic acids is 1. The second-order valence-corrected chi connectivity index (χ2v) is 4.74. The first-order valence-electron chi connectivity index (χ1n) is 5.16. The lowest BCUT2D eigenvalue weighted by Crippen LogP contribution is -2.01. The van der Waals surface area contributed by atoms with E-state index in [9.17, 15) is 9.90 Å². The Morgan fingerprint density at radius 2 is 2.31 bits per heavy atom. The number of aryl methyl sites for hydroxylation is 1. The van der Waals surface area contributed by atoms with Crippen LogP contribution in [0.5, 0.6) is 0 Å². The number of rotatable bonds is 5. The van der Waals surface area contributed by atoms with Crippen molar-refractivity contribution in [2.75, 3.05) is 0 Å². The normalized spacial score (nSPS) is 13.8. The molecule has 4 heteroatoms. The predicted molar refractivity (Wildman–Crippen MR) is 65.6 cm³/mol. The van der Waals surface area contributed by atoms with Crippen molar-refractivity contribution >= 4 is 22.9 Å². The van der Waals surface area contributed by atoms with Gasteiger partial charge in [0.05, 0.1) is 6.10 Å². The smallest absolute Gasteiger partial charge is 0.328 e. The summed E-state index contributed by atoms with van der Waals surface area (Å²) in [6, 6.07) is 1.99. The molecule has 1 heterocycles. The summed E-state index contributed by atoms with van der Waals surface area (Å²) in [6.07, 6.45) is 2.37. The summed E-state index contributed by atoms with van der Waals surface area (Å²) in [4.78, 5) is 11.6. The first-order valence-corrected chi connectivity index (χ1v) is 6.04. The number of carboxylic acid groups (broad SMARTS) is 1. The van der Waals surface area contributed by atoms with Crippen molar-refractivity contribution in [2.24, 2.45) is 0 Å². The SMILES string of the molecule is C/C(=C\C(=O)O)c1sccc1CCC(C)O. The average molecular weight is 240 g/mol. The highest BCUT2D eigenvalue weighted by Gasteiger charge is 2.08. The molecule has 0 fully saturated rings. The Morgan fingerprint density at radius 1 is 1.62 bits per heavy atom. The second kappa shape index (κ2) is 5.82. The Balaban J connectivity index is 2.81. The highest BCUT2D eigenvalue weighted by molar-refractivity contribution is 7.11. The molecular formula is C12H16O3S. The molecule has 2 N–H and O–H groups in total. The Labute approximate surface area is 99.1 Å². The van der Waals surface area contributed by atoms with Crippen LogP contribution in [0, 0.1) is 0 Å². The quantitative estimate of drug-likeness (QED) is 0.778. The number of aliphatic hydroxyl groups excluding tert-OH is 1. The molecule has 1 atom stereocenters. The van der Waals surface area contributed by atoms with Gasteiger partial charge in [-0.25, -0.2) is 4.79 Å². The molecule has 16 heavy (non-hydrogen) atoms. The summed E-state index contributed by atoms with van der Waals surface area (Å²) < 4.78 is 0. The highest BCUT2D eigenvalue weighted by Crippen LogP contribution is 2.26. The number of hydrogen-bond donors (Lipinski definition) is 2. The molecule has 1 aromatic heterocycles. The zero-order chi connectivity index (χ0) is 12.1. The molecule has 1 rings (SSSR count). The summed E-state index contributed by atoms with van der Waals surface area (Å²) >= 11 is 1.54. The number of carbonyl (C=O) groups is 1. The molecule has 0 bridgehead atoms. The lowest BCUT2D eigenvalue weighted by atomic mass is 10.1. The third kappa shape index (κ3) is 3.79. The van der Waals surface area contributed by atoms with E-state index >= 15 is 0 Å². The zero-order valence-corrected chi connectivity index (χ0v) is 10.3. The fraction of sp³-hybridized carbons (Fsp3) is 0.417. The first kappa shape index (κ1) is 12.9. The lowest BCUT2D eigenvalue weighted by Gasteiger charge is -2.05. The largest absolute Gasteiger partial charge is 0.478 e. The minimum atomic E-state index is -0.924. The summed E-state index contributed by atoms with van der Waals surface area (Å²) in [5, 5.41) is 19.9. The van der Waals surface area contributed by atoms with Gasteiger partial charge in [-0.05, 0) is 49.3 Å². The third-order valence-corrected chi connectivity index (χ3v) is 3.37. The van der Waals surface area contributed by atoms with Gasteiger partial charge in [-0.2, -0.15) is 0 Å². The van der Waals surface area contributed by atoms with E-state index in [0.29, 0.717) is 6.42 Å². The van der Waals surface area contributed by atoms with E-state index in [1.165, 1.54) is 17.4 Å². The lowest BCUT2D eigenvalue weighted by molar-refractivity contribution is -0.131. The number of thiophene rings is 1. The Hall–Kier alpha value is -1.13. The van der Waals surface area contributed by atoms with Crippen LogP contribution in [0.1, 0.15) is 30.7 Å². The minimum Gasteiger partial charge on any atom is -0.478 e. The number of aliphatic hydroxyl groups is 1. The summed E-state index contributed by atoms with van der Waals surface area (Å²) in [7, 11) is 0. The summed E-state index contributed by atoms with van der Waals surface area (Å²) in [5.74, 6) is -0.924. The van der Waals surface area contributed by atoms with Gasteiger partial charge in [-0.15, -0.1) is 11.3 Å². The van der Waals surface area contributed by atoms with Gasteiger partial charge < -0.3 is 10.2 Å². The zero-order valence-electron chi connectivity index (χ0n) is 9.43. The Bertz CT molecular complexity index is 391. The fourth-order valence-electron chi connectivity index (χ4n) is 1.49. The topological polar surface area (TPSA) is 57.5 Å². The minimum absolute atomic E-state index is 0.323. The van der Waals surface area contributed by atoms with E-state index in [-0.39, 0.29) is 6.10 Å². The van der Waals surface area contributed by atoms with Crippen molar-refractivity contribution in [1.82, 2.24) is 0 Å². The molecule has 3 nitrogen and oxygen atoms in total. The van der Waals surface area contributed by atoms with Crippen LogP contribution < -0.4 is 0 Å². The molecular weight excluding hydrogens is 224 g/mol. The third-order valence-electron chi connectivity index (χ3n) is 2.28. The van der Waals surface area contributed by atoms with Gasteiger partial charge in [0.2, 0.25) is 0 Å².